The van der Waals surface area contributed by atoms with Crippen LogP contribution in [0.4, 0.5) is 5.69 Å². The molecule has 116 valence electrons. The van der Waals surface area contributed by atoms with Crippen molar-refractivity contribution in [1.82, 2.24) is 0 Å². The maximum absolute atomic E-state index is 10.4. The van der Waals surface area contributed by atoms with Gasteiger partial charge in [-0.3, -0.25) is 0 Å². The monoisotopic (exact) mass is 367 g/mol. The average molecular weight is 368 g/mol. The molecule has 4 rings (SSSR count). The molecule has 2 nitrogen and oxygen atoms in total. The van der Waals surface area contributed by atoms with Crippen molar-refractivity contribution in [3.63, 3.8) is 0 Å². The zero-order chi connectivity index (χ0) is 15.8. The largest absolute Gasteiger partial charge is 0.393 e. The van der Waals surface area contributed by atoms with Gasteiger partial charge in [0.2, 0.25) is 0 Å². The molecule has 3 aromatic carbocycles. The highest BCUT2D eigenvalue weighted by Gasteiger charge is 2.24. The first-order valence-electron chi connectivity index (χ1n) is 7.91. The van der Waals surface area contributed by atoms with Crippen molar-refractivity contribution in [3.05, 3.63) is 76.3 Å². The minimum absolute atomic E-state index is 0.116. The summed E-state index contributed by atoms with van der Waals surface area (Å²) in [6.07, 6.45) is 1.07. The van der Waals surface area contributed by atoms with E-state index >= 15 is 0 Å². The molecule has 0 saturated carbocycles. The lowest BCUT2D eigenvalue weighted by Gasteiger charge is -2.21. The SMILES string of the molecule is O[C@@H]1Cc2ccc3ccccc3c2N[C@H](c2ccc(Br)cc2)C1. The van der Waals surface area contributed by atoms with Gasteiger partial charge < -0.3 is 10.4 Å². The van der Waals surface area contributed by atoms with E-state index in [0.717, 1.165) is 10.2 Å². The number of hydrogen-bond donors (Lipinski definition) is 2. The van der Waals surface area contributed by atoms with Crippen LogP contribution >= 0.6 is 15.9 Å². The fraction of sp³-hybridized carbons (Fsp3) is 0.200. The summed E-state index contributed by atoms with van der Waals surface area (Å²) in [5, 5.41) is 16.6. The zero-order valence-corrected chi connectivity index (χ0v) is 14.3. The van der Waals surface area contributed by atoms with Crippen molar-refractivity contribution < 1.29 is 5.11 Å². The van der Waals surface area contributed by atoms with Gasteiger partial charge >= 0.3 is 0 Å². The fourth-order valence-corrected chi connectivity index (χ4v) is 3.68. The molecule has 2 atom stereocenters. The van der Waals surface area contributed by atoms with E-state index in [0.29, 0.717) is 12.8 Å². The summed E-state index contributed by atoms with van der Waals surface area (Å²) >= 11 is 3.49. The number of anilines is 1. The van der Waals surface area contributed by atoms with Gasteiger partial charge in [0, 0.05) is 22.0 Å². The number of rotatable bonds is 1. The van der Waals surface area contributed by atoms with Crippen LogP contribution in [0, 0.1) is 0 Å². The Bertz CT molecular complexity index is 844. The predicted octanol–water partition coefficient (Wildman–Crippen LogP) is 5.06. The van der Waals surface area contributed by atoms with E-state index in [1.54, 1.807) is 0 Å². The molecule has 23 heavy (non-hydrogen) atoms. The molecule has 0 spiro atoms. The maximum atomic E-state index is 10.4. The summed E-state index contributed by atoms with van der Waals surface area (Å²) < 4.78 is 1.07. The van der Waals surface area contributed by atoms with Gasteiger partial charge in [0.15, 0.2) is 0 Å². The quantitative estimate of drug-likeness (QED) is 0.629. The Balaban J connectivity index is 1.81. The minimum atomic E-state index is -0.335. The number of aliphatic hydroxyl groups is 1. The lowest BCUT2D eigenvalue weighted by molar-refractivity contribution is 0.161. The molecule has 1 heterocycles. The molecule has 1 aliphatic rings. The molecule has 0 saturated heterocycles. The van der Waals surface area contributed by atoms with Crippen LogP contribution in [-0.4, -0.2) is 11.2 Å². The third kappa shape index (κ3) is 2.87. The molecular formula is C20H18BrNO. The Kier molecular flexibility index (Phi) is 3.83. The van der Waals surface area contributed by atoms with Crippen LogP contribution < -0.4 is 5.32 Å². The van der Waals surface area contributed by atoms with E-state index in [9.17, 15) is 5.11 Å². The first kappa shape index (κ1) is 14.7. The van der Waals surface area contributed by atoms with E-state index in [1.807, 2.05) is 0 Å². The van der Waals surface area contributed by atoms with E-state index in [-0.39, 0.29) is 12.1 Å². The first-order valence-corrected chi connectivity index (χ1v) is 8.71. The number of halogens is 1. The average Bonchev–Trinajstić information content (AvgIpc) is 2.74. The smallest absolute Gasteiger partial charge is 0.0604 e. The van der Waals surface area contributed by atoms with Crippen LogP contribution in [0.3, 0.4) is 0 Å². The number of aliphatic hydroxyl groups excluding tert-OH is 1. The Hall–Kier alpha value is -1.84. The van der Waals surface area contributed by atoms with Crippen LogP contribution in [-0.2, 0) is 6.42 Å². The van der Waals surface area contributed by atoms with Crippen molar-refractivity contribution in [1.29, 1.82) is 0 Å². The number of fused-ring (bicyclic) bond motifs is 3. The number of benzene rings is 3. The molecule has 3 heteroatoms. The molecule has 0 bridgehead atoms. The lowest BCUT2D eigenvalue weighted by Crippen LogP contribution is -2.16. The summed E-state index contributed by atoms with van der Waals surface area (Å²) in [7, 11) is 0. The van der Waals surface area contributed by atoms with E-state index < -0.39 is 0 Å². The summed E-state index contributed by atoms with van der Waals surface area (Å²) in [4.78, 5) is 0. The minimum Gasteiger partial charge on any atom is -0.393 e. The summed E-state index contributed by atoms with van der Waals surface area (Å²) in [6, 6.07) is 21.1. The van der Waals surface area contributed by atoms with Crippen LogP contribution in [0.15, 0.2) is 65.1 Å². The molecular weight excluding hydrogens is 350 g/mol. The van der Waals surface area contributed by atoms with Crippen LogP contribution in [0.2, 0.25) is 0 Å². The topological polar surface area (TPSA) is 32.3 Å². The second kappa shape index (κ2) is 5.99. The van der Waals surface area contributed by atoms with Gasteiger partial charge in [0.25, 0.3) is 0 Å². The Morgan fingerprint density at radius 3 is 2.57 bits per heavy atom. The molecule has 0 fully saturated rings. The van der Waals surface area contributed by atoms with E-state index in [1.165, 1.54) is 21.9 Å². The summed E-state index contributed by atoms with van der Waals surface area (Å²) in [5.41, 5.74) is 3.55. The van der Waals surface area contributed by atoms with Crippen LogP contribution in [0.25, 0.3) is 10.8 Å². The van der Waals surface area contributed by atoms with Crippen molar-refractivity contribution >= 4 is 32.4 Å². The third-order valence-electron chi connectivity index (χ3n) is 4.57. The summed E-state index contributed by atoms with van der Waals surface area (Å²) in [5.74, 6) is 0. The Morgan fingerprint density at radius 2 is 1.74 bits per heavy atom. The molecule has 2 N–H and O–H groups in total. The maximum Gasteiger partial charge on any atom is 0.0604 e. The molecule has 3 aromatic rings. The van der Waals surface area contributed by atoms with Gasteiger partial charge in [-0.1, -0.05) is 64.5 Å². The van der Waals surface area contributed by atoms with Gasteiger partial charge in [-0.25, -0.2) is 0 Å². The number of hydrogen-bond acceptors (Lipinski definition) is 2. The van der Waals surface area contributed by atoms with Crippen molar-refractivity contribution in [2.75, 3.05) is 5.32 Å². The molecule has 0 aromatic heterocycles. The summed E-state index contributed by atoms with van der Waals surface area (Å²) in [6.45, 7) is 0. The lowest BCUT2D eigenvalue weighted by atomic mass is 9.99. The molecule has 1 aliphatic heterocycles. The van der Waals surface area contributed by atoms with Gasteiger partial charge in [-0.15, -0.1) is 0 Å². The Labute approximate surface area is 144 Å². The highest BCUT2D eigenvalue weighted by atomic mass is 79.9. The zero-order valence-electron chi connectivity index (χ0n) is 12.7. The van der Waals surface area contributed by atoms with Gasteiger partial charge in [0.1, 0.15) is 0 Å². The standard InChI is InChI=1S/C20H18BrNO/c21-16-9-7-14(8-10-16)19-12-17(23)11-15-6-5-13-3-1-2-4-18(13)20(15)22-19/h1-10,17,19,22-23H,11-12H2/t17-,19+/m1/s1. The highest BCUT2D eigenvalue weighted by molar-refractivity contribution is 9.10. The van der Waals surface area contributed by atoms with Crippen molar-refractivity contribution in [3.8, 4) is 0 Å². The second-order valence-corrected chi connectivity index (χ2v) is 7.08. The van der Waals surface area contributed by atoms with Gasteiger partial charge in [0.05, 0.1) is 12.1 Å². The van der Waals surface area contributed by atoms with Crippen molar-refractivity contribution in [2.45, 2.75) is 25.0 Å². The van der Waals surface area contributed by atoms with Crippen LogP contribution in [0.5, 0.6) is 0 Å². The van der Waals surface area contributed by atoms with E-state index in [2.05, 4.69) is 81.9 Å². The van der Waals surface area contributed by atoms with Crippen LogP contribution in [0.1, 0.15) is 23.6 Å². The van der Waals surface area contributed by atoms with Crippen molar-refractivity contribution in [2.24, 2.45) is 0 Å². The third-order valence-corrected chi connectivity index (χ3v) is 5.10. The second-order valence-electron chi connectivity index (χ2n) is 6.16. The normalized spacial score (nSPS) is 20.6. The number of nitrogens with one attached hydrogen (secondary N) is 1. The van der Waals surface area contributed by atoms with Gasteiger partial charge in [-0.05, 0) is 35.1 Å². The molecule has 0 radical (unpaired) electrons. The fourth-order valence-electron chi connectivity index (χ4n) is 3.41. The highest BCUT2D eigenvalue weighted by Crippen LogP contribution is 2.36. The van der Waals surface area contributed by atoms with Gasteiger partial charge in [-0.2, -0.15) is 0 Å². The Morgan fingerprint density at radius 1 is 0.957 bits per heavy atom. The first-order chi connectivity index (χ1) is 11.2. The molecule has 0 aliphatic carbocycles. The predicted molar refractivity (Wildman–Crippen MR) is 98.8 cm³/mol. The van der Waals surface area contributed by atoms with E-state index in [4.69, 9.17) is 0 Å². The molecule has 0 unspecified atom stereocenters. The molecule has 0 amide bonds.